The molecular formula is C52H104O2. The molecule has 0 fully saturated rings. The molecule has 0 aromatic carbocycles. The van der Waals surface area contributed by atoms with Gasteiger partial charge in [-0.3, -0.25) is 4.79 Å². The summed E-state index contributed by atoms with van der Waals surface area (Å²) in [7, 11) is 0. The summed E-state index contributed by atoms with van der Waals surface area (Å²) in [6, 6.07) is 0. The maximum absolute atomic E-state index is 12.1. The van der Waals surface area contributed by atoms with Gasteiger partial charge >= 0.3 is 5.97 Å². The largest absolute Gasteiger partial charge is 0.466 e. The molecule has 0 bridgehead atoms. The molecule has 0 aliphatic carbocycles. The molecule has 0 amide bonds. The number of carbonyl (C=O) groups is 1. The Morgan fingerprint density at radius 3 is 0.611 bits per heavy atom. The molecule has 0 saturated carbocycles. The second-order valence-electron chi connectivity index (χ2n) is 17.9. The number of unbranched alkanes of at least 4 members (excludes halogenated alkanes) is 45. The third kappa shape index (κ3) is 49.5. The van der Waals surface area contributed by atoms with E-state index in [4.69, 9.17) is 4.74 Å². The molecule has 0 spiro atoms. The molecule has 0 aliphatic heterocycles. The van der Waals surface area contributed by atoms with Crippen molar-refractivity contribution in [2.75, 3.05) is 6.61 Å². The average molecular weight is 761 g/mol. The fourth-order valence-corrected chi connectivity index (χ4v) is 8.38. The molecule has 2 nitrogen and oxygen atoms in total. The summed E-state index contributed by atoms with van der Waals surface area (Å²) in [6.45, 7) is 5.24. The van der Waals surface area contributed by atoms with E-state index in [2.05, 4.69) is 13.8 Å². The molecule has 0 aromatic rings. The fraction of sp³-hybridized carbons (Fsp3) is 0.981. The van der Waals surface area contributed by atoms with Crippen molar-refractivity contribution in [1.82, 2.24) is 0 Å². The van der Waals surface area contributed by atoms with E-state index < -0.39 is 0 Å². The second kappa shape index (κ2) is 50.5. The lowest BCUT2D eigenvalue weighted by Gasteiger charge is -2.06. The van der Waals surface area contributed by atoms with Crippen LogP contribution in [0.2, 0.25) is 0 Å². The SMILES string of the molecule is CCCCCCCCCCCCCCCCCCCCCCCCCCCCOC(=O)CCCCCCCCCCCCCCCCCCCCCCC. The van der Waals surface area contributed by atoms with E-state index in [1.54, 1.807) is 0 Å². The van der Waals surface area contributed by atoms with Crippen LogP contribution in [0.1, 0.15) is 322 Å². The lowest BCUT2D eigenvalue weighted by Crippen LogP contribution is -2.05. The maximum atomic E-state index is 12.1. The van der Waals surface area contributed by atoms with Crippen molar-refractivity contribution in [1.29, 1.82) is 0 Å². The summed E-state index contributed by atoms with van der Waals surface area (Å²) < 4.78 is 5.50. The van der Waals surface area contributed by atoms with Crippen LogP contribution in [-0.4, -0.2) is 12.6 Å². The van der Waals surface area contributed by atoms with Crippen molar-refractivity contribution in [3.8, 4) is 0 Å². The van der Waals surface area contributed by atoms with E-state index in [0.29, 0.717) is 13.0 Å². The molecule has 0 atom stereocenters. The molecule has 0 N–H and O–H groups in total. The zero-order valence-electron chi connectivity index (χ0n) is 38.0. The van der Waals surface area contributed by atoms with Crippen LogP contribution < -0.4 is 0 Å². The molecule has 0 heterocycles. The van der Waals surface area contributed by atoms with E-state index in [1.165, 1.54) is 289 Å². The van der Waals surface area contributed by atoms with Crippen molar-refractivity contribution in [2.45, 2.75) is 322 Å². The van der Waals surface area contributed by atoms with E-state index in [-0.39, 0.29) is 5.97 Å². The third-order valence-corrected chi connectivity index (χ3v) is 12.2. The van der Waals surface area contributed by atoms with E-state index in [9.17, 15) is 4.79 Å². The molecule has 0 aliphatic rings. The lowest BCUT2D eigenvalue weighted by atomic mass is 10.0. The number of hydrogen-bond donors (Lipinski definition) is 0. The summed E-state index contributed by atoms with van der Waals surface area (Å²) in [5.74, 6) is 0.0346. The second-order valence-corrected chi connectivity index (χ2v) is 17.9. The highest BCUT2D eigenvalue weighted by Gasteiger charge is 2.03. The predicted molar refractivity (Wildman–Crippen MR) is 244 cm³/mol. The first-order chi connectivity index (χ1) is 26.8. The first kappa shape index (κ1) is 53.5. The molecule has 54 heavy (non-hydrogen) atoms. The molecule has 0 unspecified atom stereocenters. The summed E-state index contributed by atoms with van der Waals surface area (Å²) in [6.07, 6.45) is 66.8. The maximum Gasteiger partial charge on any atom is 0.305 e. The molecular weight excluding hydrogens is 657 g/mol. The quantitative estimate of drug-likeness (QED) is 0.0456. The van der Waals surface area contributed by atoms with Crippen LogP contribution in [0.4, 0.5) is 0 Å². The van der Waals surface area contributed by atoms with Crippen molar-refractivity contribution in [3.63, 3.8) is 0 Å². The molecule has 324 valence electrons. The summed E-state index contributed by atoms with van der Waals surface area (Å²) in [5, 5.41) is 0. The Morgan fingerprint density at radius 1 is 0.241 bits per heavy atom. The molecule has 0 aromatic heterocycles. The Morgan fingerprint density at radius 2 is 0.407 bits per heavy atom. The average Bonchev–Trinajstić information content (AvgIpc) is 3.18. The lowest BCUT2D eigenvalue weighted by molar-refractivity contribution is -0.143. The Hall–Kier alpha value is -0.530. The van der Waals surface area contributed by atoms with Gasteiger partial charge in [-0.15, -0.1) is 0 Å². The molecule has 0 saturated heterocycles. The Bertz CT molecular complexity index is 659. The standard InChI is InChI=1S/C52H104O2/c1-3-5-7-9-11-13-15-17-19-21-23-25-26-27-28-29-31-33-35-37-39-41-43-45-47-49-51-54-52(53)50-48-46-44-42-40-38-36-34-32-30-24-22-20-18-16-14-12-10-8-6-4-2/h3-51H2,1-2H3. The zero-order chi connectivity index (χ0) is 38.9. The molecule has 0 rings (SSSR count). The van der Waals surface area contributed by atoms with Crippen LogP contribution in [-0.2, 0) is 9.53 Å². The minimum Gasteiger partial charge on any atom is -0.466 e. The molecule has 2 heteroatoms. The fourth-order valence-electron chi connectivity index (χ4n) is 8.38. The van der Waals surface area contributed by atoms with Crippen LogP contribution in [0.25, 0.3) is 0 Å². The summed E-state index contributed by atoms with van der Waals surface area (Å²) in [4.78, 5) is 12.1. The summed E-state index contributed by atoms with van der Waals surface area (Å²) in [5.41, 5.74) is 0. The highest BCUT2D eigenvalue weighted by Crippen LogP contribution is 2.18. The normalized spacial score (nSPS) is 11.5. The van der Waals surface area contributed by atoms with Crippen LogP contribution in [0.3, 0.4) is 0 Å². The highest BCUT2D eigenvalue weighted by molar-refractivity contribution is 5.69. The van der Waals surface area contributed by atoms with Crippen molar-refractivity contribution < 1.29 is 9.53 Å². The van der Waals surface area contributed by atoms with Gasteiger partial charge in [0.05, 0.1) is 6.61 Å². The first-order valence-electron chi connectivity index (χ1n) is 26.0. The Kier molecular flexibility index (Phi) is 50.0. The van der Waals surface area contributed by atoms with Crippen molar-refractivity contribution in [2.24, 2.45) is 0 Å². The minimum atomic E-state index is 0.0346. The van der Waals surface area contributed by atoms with E-state index >= 15 is 0 Å². The van der Waals surface area contributed by atoms with Gasteiger partial charge in [-0.1, -0.05) is 303 Å². The van der Waals surface area contributed by atoms with Crippen LogP contribution in [0, 0.1) is 0 Å². The number of ether oxygens (including phenoxy) is 1. The van der Waals surface area contributed by atoms with Gasteiger partial charge in [-0.2, -0.15) is 0 Å². The van der Waals surface area contributed by atoms with Gasteiger partial charge in [0.25, 0.3) is 0 Å². The topological polar surface area (TPSA) is 26.3 Å². The highest BCUT2D eigenvalue weighted by atomic mass is 16.5. The number of hydrogen-bond acceptors (Lipinski definition) is 2. The van der Waals surface area contributed by atoms with Crippen molar-refractivity contribution >= 4 is 5.97 Å². The smallest absolute Gasteiger partial charge is 0.305 e. The van der Waals surface area contributed by atoms with Crippen LogP contribution >= 0.6 is 0 Å². The van der Waals surface area contributed by atoms with E-state index in [1.807, 2.05) is 0 Å². The van der Waals surface area contributed by atoms with Crippen LogP contribution in [0.15, 0.2) is 0 Å². The monoisotopic (exact) mass is 761 g/mol. The van der Waals surface area contributed by atoms with Gasteiger partial charge < -0.3 is 4.74 Å². The number of carbonyl (C=O) groups excluding carboxylic acids is 1. The Labute approximate surface area is 343 Å². The van der Waals surface area contributed by atoms with Crippen LogP contribution in [0.5, 0.6) is 0 Å². The van der Waals surface area contributed by atoms with Gasteiger partial charge in [0, 0.05) is 6.42 Å². The first-order valence-corrected chi connectivity index (χ1v) is 26.0. The zero-order valence-corrected chi connectivity index (χ0v) is 38.0. The van der Waals surface area contributed by atoms with Gasteiger partial charge in [-0.25, -0.2) is 0 Å². The number of esters is 1. The van der Waals surface area contributed by atoms with Gasteiger partial charge in [0.1, 0.15) is 0 Å². The Balaban J connectivity index is 3.14. The minimum absolute atomic E-state index is 0.0346. The predicted octanol–water partition coefficient (Wildman–Crippen LogP) is 19.3. The van der Waals surface area contributed by atoms with Crippen molar-refractivity contribution in [3.05, 3.63) is 0 Å². The summed E-state index contributed by atoms with van der Waals surface area (Å²) >= 11 is 0. The molecule has 0 radical (unpaired) electrons. The van der Waals surface area contributed by atoms with Gasteiger partial charge in [0.2, 0.25) is 0 Å². The number of rotatable bonds is 49. The van der Waals surface area contributed by atoms with E-state index in [0.717, 1.165) is 12.8 Å². The third-order valence-electron chi connectivity index (χ3n) is 12.2. The van der Waals surface area contributed by atoms with Gasteiger partial charge in [-0.05, 0) is 12.8 Å². The van der Waals surface area contributed by atoms with Gasteiger partial charge in [0.15, 0.2) is 0 Å².